The SMILES string of the molecule is CC.CC(=O)c1[c-]snn1.[W].[Y].[c-]1ccccc1. The number of ketones is 1. The Kier molecular flexibility index (Phi) is 22.4. The van der Waals surface area contributed by atoms with E-state index in [4.69, 9.17) is 0 Å². The number of Topliss-reactive ketones (excluding diaryl/α,β-unsaturated/α-hetero) is 1. The van der Waals surface area contributed by atoms with Crippen molar-refractivity contribution in [3.8, 4) is 0 Å². The Hall–Kier alpha value is 0.242. The summed E-state index contributed by atoms with van der Waals surface area (Å²) >= 11 is 1.06. The fraction of sp³-hybridized carbons (Fsp3) is 0.250. The Morgan fingerprint density at radius 2 is 1.78 bits per heavy atom. The van der Waals surface area contributed by atoms with Gasteiger partial charge in [-0.1, -0.05) is 20.8 Å². The predicted octanol–water partition coefficient (Wildman–Crippen LogP) is 3.05. The summed E-state index contributed by atoms with van der Waals surface area (Å²) in [6.07, 6.45) is 0. The van der Waals surface area contributed by atoms with E-state index in [1.807, 2.05) is 44.2 Å². The maximum Gasteiger partial charge on any atom is 0.0250 e. The zero-order valence-electron chi connectivity index (χ0n) is 10.6. The van der Waals surface area contributed by atoms with Gasteiger partial charge in [0.2, 0.25) is 0 Å². The van der Waals surface area contributed by atoms with Crippen molar-refractivity contribution in [3.63, 3.8) is 0 Å². The van der Waals surface area contributed by atoms with Gasteiger partial charge in [-0.15, -0.1) is 21.4 Å². The zero-order valence-corrected chi connectivity index (χ0v) is 17.2. The average Bonchev–Trinajstić information content (AvgIpc) is 2.88. The molecule has 6 heteroatoms. The number of benzene rings is 1. The fourth-order valence-electron chi connectivity index (χ4n) is 0.630. The Balaban J connectivity index is -0.000000204. The molecule has 0 saturated carbocycles. The molecule has 1 heterocycles. The van der Waals surface area contributed by atoms with E-state index in [0.717, 1.165) is 11.5 Å². The topological polar surface area (TPSA) is 42.9 Å². The second kappa shape index (κ2) is 17.2. The molecule has 0 aliphatic carbocycles. The molecular weight excluding hydrogens is 493 g/mol. The second-order valence-corrected chi connectivity index (χ2v) is 2.91. The summed E-state index contributed by atoms with van der Waals surface area (Å²) in [5.74, 6) is -0.0845. The van der Waals surface area contributed by atoms with E-state index in [9.17, 15) is 4.79 Å². The van der Waals surface area contributed by atoms with E-state index < -0.39 is 0 Å². The van der Waals surface area contributed by atoms with Crippen LogP contribution in [0.25, 0.3) is 0 Å². The van der Waals surface area contributed by atoms with Crippen LogP contribution in [0.15, 0.2) is 30.3 Å². The first kappa shape index (κ1) is 23.3. The molecule has 0 unspecified atom stereocenters. The maximum atomic E-state index is 10.4. The number of carbonyl (C=O) groups excluding carboxylic acids is 1. The molecule has 0 aliphatic rings. The van der Waals surface area contributed by atoms with Gasteiger partial charge in [-0.25, -0.2) is 0 Å². The van der Waals surface area contributed by atoms with Crippen LogP contribution in [0.4, 0.5) is 0 Å². The van der Waals surface area contributed by atoms with Gasteiger partial charge in [0.15, 0.2) is 0 Å². The molecule has 2 aromatic rings. The summed E-state index contributed by atoms with van der Waals surface area (Å²) in [6.45, 7) is 5.44. The first-order valence-corrected chi connectivity index (χ1v) is 5.70. The van der Waals surface area contributed by atoms with E-state index in [2.05, 4.69) is 21.0 Å². The van der Waals surface area contributed by atoms with Crippen molar-refractivity contribution in [1.82, 2.24) is 9.59 Å². The van der Waals surface area contributed by atoms with Gasteiger partial charge in [0.05, 0.1) is 0 Å². The van der Waals surface area contributed by atoms with Crippen LogP contribution in [0.2, 0.25) is 0 Å². The van der Waals surface area contributed by atoms with Crippen molar-refractivity contribution >= 4 is 17.3 Å². The molecule has 18 heavy (non-hydrogen) atoms. The third-order valence-electron chi connectivity index (χ3n) is 1.26. The average molecular weight is 507 g/mol. The molecule has 0 atom stereocenters. The fourth-order valence-corrected chi connectivity index (χ4v) is 1.06. The molecule has 0 bridgehead atoms. The van der Waals surface area contributed by atoms with Gasteiger partial charge >= 0.3 is 0 Å². The van der Waals surface area contributed by atoms with Crippen LogP contribution in [-0.2, 0) is 53.8 Å². The Morgan fingerprint density at radius 1 is 1.22 bits per heavy atom. The molecule has 1 aromatic carbocycles. The smallest absolute Gasteiger partial charge is 0.0250 e. The molecule has 0 aliphatic heterocycles. The summed E-state index contributed by atoms with van der Waals surface area (Å²) in [5.41, 5.74) is 0.329. The predicted molar refractivity (Wildman–Crippen MR) is 65.4 cm³/mol. The summed E-state index contributed by atoms with van der Waals surface area (Å²) < 4.78 is 3.46. The van der Waals surface area contributed by atoms with Crippen molar-refractivity contribution < 1.29 is 58.6 Å². The van der Waals surface area contributed by atoms with Crippen LogP contribution in [0.3, 0.4) is 0 Å². The summed E-state index contributed by atoms with van der Waals surface area (Å²) in [7, 11) is 0. The number of aromatic nitrogens is 2. The van der Waals surface area contributed by atoms with Crippen LogP contribution in [0.5, 0.6) is 0 Å². The monoisotopic (exact) mass is 507 g/mol. The molecule has 0 fully saturated rings. The van der Waals surface area contributed by atoms with Gasteiger partial charge < -0.3 is 4.79 Å². The third kappa shape index (κ3) is 12.7. The number of hydrogen-bond acceptors (Lipinski definition) is 4. The number of rotatable bonds is 1. The van der Waals surface area contributed by atoms with E-state index >= 15 is 0 Å². The molecule has 0 spiro atoms. The summed E-state index contributed by atoms with van der Waals surface area (Å²) in [4.78, 5) is 10.4. The standard InChI is InChI=1S/C6H5.C4H3N2OS.C2H6.W.Y/c1-2-4-6-5-3-1;1-3(7)4-2-8-6-5-4;1-2;;/h1-5H;1H3;1-2H3;;/q2*-1;;;. The van der Waals surface area contributed by atoms with Crippen LogP contribution >= 0.6 is 11.5 Å². The Bertz CT molecular complexity index is 344. The normalized spacial score (nSPS) is 7.06. The van der Waals surface area contributed by atoms with Crippen LogP contribution in [0, 0.1) is 11.4 Å². The minimum absolute atomic E-state index is 0. The van der Waals surface area contributed by atoms with Gasteiger partial charge in [0.1, 0.15) is 0 Å². The number of nitrogens with zero attached hydrogens (tertiary/aromatic N) is 2. The summed E-state index contributed by atoms with van der Waals surface area (Å²) in [6, 6.07) is 12.5. The van der Waals surface area contributed by atoms with Crippen molar-refractivity contribution in [3.05, 3.63) is 47.5 Å². The molecule has 95 valence electrons. The molecular formula is C12H14N2OSWY-2. The maximum absolute atomic E-state index is 10.4. The van der Waals surface area contributed by atoms with Crippen molar-refractivity contribution in [2.45, 2.75) is 20.8 Å². The van der Waals surface area contributed by atoms with Crippen molar-refractivity contribution in [2.75, 3.05) is 0 Å². The second-order valence-electron chi connectivity index (χ2n) is 2.36. The van der Waals surface area contributed by atoms with Gasteiger partial charge in [-0.05, 0) is 5.69 Å². The quantitative estimate of drug-likeness (QED) is 0.441. The van der Waals surface area contributed by atoms with Crippen LogP contribution in [0.1, 0.15) is 31.3 Å². The Morgan fingerprint density at radius 3 is 1.94 bits per heavy atom. The molecule has 0 N–H and O–H groups in total. The molecule has 2 rings (SSSR count). The molecule has 1 radical (unpaired) electrons. The molecule has 3 nitrogen and oxygen atoms in total. The number of carbonyl (C=O) groups is 1. The van der Waals surface area contributed by atoms with Gasteiger partial charge in [0.25, 0.3) is 0 Å². The van der Waals surface area contributed by atoms with Gasteiger partial charge in [0, 0.05) is 59.6 Å². The van der Waals surface area contributed by atoms with Gasteiger partial charge in [-0.3, -0.25) is 0 Å². The van der Waals surface area contributed by atoms with Crippen molar-refractivity contribution in [1.29, 1.82) is 0 Å². The first-order valence-electron chi connectivity index (χ1n) is 4.93. The minimum atomic E-state index is -0.0845. The third-order valence-corrected chi connectivity index (χ3v) is 1.71. The number of hydrogen-bond donors (Lipinski definition) is 0. The van der Waals surface area contributed by atoms with Crippen molar-refractivity contribution in [2.24, 2.45) is 0 Å². The zero-order chi connectivity index (χ0) is 12.2. The molecule has 0 amide bonds. The minimum Gasteiger partial charge on any atom is -0.405 e. The summed E-state index contributed by atoms with van der Waals surface area (Å²) in [5, 5.41) is 6.09. The molecule has 1 aromatic heterocycles. The largest absolute Gasteiger partial charge is 0.405 e. The van der Waals surface area contributed by atoms with E-state index in [0.29, 0.717) is 5.69 Å². The van der Waals surface area contributed by atoms with E-state index in [-0.39, 0.29) is 59.6 Å². The van der Waals surface area contributed by atoms with Gasteiger partial charge in [-0.2, -0.15) is 41.5 Å². The van der Waals surface area contributed by atoms with Crippen LogP contribution in [-0.4, -0.2) is 15.4 Å². The molecule has 0 saturated heterocycles. The van der Waals surface area contributed by atoms with E-state index in [1.54, 1.807) is 0 Å². The van der Waals surface area contributed by atoms with Crippen LogP contribution < -0.4 is 0 Å². The first-order chi connectivity index (χ1) is 7.80. The van der Waals surface area contributed by atoms with E-state index in [1.165, 1.54) is 6.92 Å². The Labute approximate surface area is 152 Å².